The molecule has 1 aromatic rings. The van der Waals surface area contributed by atoms with E-state index in [1.54, 1.807) is 4.90 Å². The molecule has 0 bridgehead atoms. The van der Waals surface area contributed by atoms with Gasteiger partial charge in [-0.25, -0.2) is 0 Å². The Morgan fingerprint density at radius 1 is 1.30 bits per heavy atom. The number of nitrogens with zero attached hydrogens (tertiary/aromatic N) is 1. The molecule has 1 aromatic carbocycles. The third-order valence-electron chi connectivity index (χ3n) is 3.84. The van der Waals surface area contributed by atoms with Crippen molar-refractivity contribution < 1.29 is 18.0 Å². The summed E-state index contributed by atoms with van der Waals surface area (Å²) >= 11 is 0. The molecule has 0 aliphatic carbocycles. The first kappa shape index (κ1) is 17.1. The Morgan fingerprint density at radius 3 is 2.39 bits per heavy atom. The third-order valence-corrected chi connectivity index (χ3v) is 3.84. The Kier molecular flexibility index (Phi) is 4.82. The average molecular weight is 324 g/mol. The van der Waals surface area contributed by atoms with Gasteiger partial charge < -0.3 is 10.2 Å². The minimum atomic E-state index is -4.36. The lowest BCUT2D eigenvalue weighted by Gasteiger charge is -2.38. The predicted octanol–water partition coefficient (Wildman–Crippen LogP) is 4.01. The molecule has 0 saturated heterocycles. The van der Waals surface area contributed by atoms with Gasteiger partial charge in [0.2, 0.25) is 5.91 Å². The van der Waals surface area contributed by atoms with E-state index < -0.39 is 11.7 Å². The molecule has 0 saturated carbocycles. The fourth-order valence-electron chi connectivity index (χ4n) is 2.75. The number of rotatable bonds is 2. The van der Waals surface area contributed by atoms with Crippen molar-refractivity contribution in [1.82, 2.24) is 10.2 Å². The Hall–Kier alpha value is -2.24. The Morgan fingerprint density at radius 2 is 1.91 bits per heavy atom. The van der Waals surface area contributed by atoms with Crippen molar-refractivity contribution in [2.45, 2.75) is 33.0 Å². The Bertz CT molecular complexity index is 645. The van der Waals surface area contributed by atoms with E-state index in [1.807, 2.05) is 26.0 Å². The van der Waals surface area contributed by atoms with Gasteiger partial charge in [0.25, 0.3) is 0 Å². The van der Waals surface area contributed by atoms with Crippen LogP contribution < -0.4 is 5.32 Å². The van der Waals surface area contributed by atoms with Gasteiger partial charge in [0, 0.05) is 19.2 Å². The summed E-state index contributed by atoms with van der Waals surface area (Å²) in [5, 5.41) is 3.22. The molecular formula is C17H19F3N2O. The maximum Gasteiger partial charge on any atom is 0.416 e. The lowest BCUT2D eigenvalue weighted by molar-refractivity contribution is -0.137. The second kappa shape index (κ2) is 6.48. The molecule has 1 aliphatic rings. The van der Waals surface area contributed by atoms with Gasteiger partial charge in [-0.15, -0.1) is 0 Å². The molecule has 124 valence electrons. The number of alkyl halides is 3. The van der Waals surface area contributed by atoms with Crippen LogP contribution in [0.5, 0.6) is 0 Å². The first-order chi connectivity index (χ1) is 10.8. The molecule has 1 unspecified atom stereocenters. The van der Waals surface area contributed by atoms with Crippen molar-refractivity contribution in [3.8, 4) is 0 Å². The number of amides is 1. The largest absolute Gasteiger partial charge is 0.416 e. The van der Waals surface area contributed by atoms with Crippen LogP contribution in [-0.4, -0.2) is 17.4 Å². The van der Waals surface area contributed by atoms with Crippen molar-refractivity contribution in [3.05, 3.63) is 58.9 Å². The number of allylic oxidation sites excluding steroid dienone is 3. The molecule has 23 heavy (non-hydrogen) atoms. The van der Waals surface area contributed by atoms with E-state index in [4.69, 9.17) is 0 Å². The van der Waals surface area contributed by atoms with E-state index in [0.29, 0.717) is 12.1 Å². The van der Waals surface area contributed by atoms with Crippen LogP contribution in [0.1, 0.15) is 37.9 Å². The SMILES string of the molecule is C/C=C\C1=C(C)N(C(C)=O)C(c2ccc(C(F)(F)F)cc2)CN1. The summed E-state index contributed by atoms with van der Waals surface area (Å²) in [6.45, 7) is 5.60. The van der Waals surface area contributed by atoms with Gasteiger partial charge in [-0.05, 0) is 37.6 Å². The van der Waals surface area contributed by atoms with Crippen LogP contribution in [0.15, 0.2) is 47.8 Å². The van der Waals surface area contributed by atoms with E-state index in [1.165, 1.54) is 19.1 Å². The van der Waals surface area contributed by atoms with Crippen molar-refractivity contribution in [2.24, 2.45) is 0 Å². The molecule has 0 fully saturated rings. The fourth-order valence-corrected chi connectivity index (χ4v) is 2.75. The molecule has 0 radical (unpaired) electrons. The second-order valence-corrected chi connectivity index (χ2v) is 5.40. The zero-order valence-corrected chi connectivity index (χ0v) is 13.2. The number of halogens is 3. The molecule has 0 spiro atoms. The Balaban J connectivity index is 2.37. The van der Waals surface area contributed by atoms with Crippen molar-refractivity contribution >= 4 is 5.91 Å². The third kappa shape index (κ3) is 3.57. The number of carbonyl (C=O) groups is 1. The van der Waals surface area contributed by atoms with Gasteiger partial charge in [0.15, 0.2) is 0 Å². The van der Waals surface area contributed by atoms with Crippen LogP contribution in [0.2, 0.25) is 0 Å². The fraction of sp³-hybridized carbons (Fsp3) is 0.353. The number of hydrogen-bond donors (Lipinski definition) is 1. The molecule has 1 atom stereocenters. The van der Waals surface area contributed by atoms with Crippen LogP contribution in [0.3, 0.4) is 0 Å². The van der Waals surface area contributed by atoms with E-state index in [9.17, 15) is 18.0 Å². The zero-order chi connectivity index (χ0) is 17.2. The smallest absolute Gasteiger partial charge is 0.381 e. The number of carbonyl (C=O) groups excluding carboxylic acids is 1. The normalized spacial score (nSPS) is 19.2. The molecule has 1 heterocycles. The zero-order valence-electron chi connectivity index (χ0n) is 13.2. The van der Waals surface area contributed by atoms with Crippen molar-refractivity contribution in [1.29, 1.82) is 0 Å². The van der Waals surface area contributed by atoms with Gasteiger partial charge in [-0.2, -0.15) is 13.2 Å². The van der Waals surface area contributed by atoms with Crippen LogP contribution in [0.25, 0.3) is 0 Å². The molecule has 6 heteroatoms. The van der Waals surface area contributed by atoms with E-state index in [0.717, 1.165) is 23.5 Å². The lowest BCUT2D eigenvalue weighted by Crippen LogP contribution is -2.43. The summed E-state index contributed by atoms with van der Waals surface area (Å²) in [5.41, 5.74) is 1.57. The molecule has 1 N–H and O–H groups in total. The molecule has 0 aromatic heterocycles. The minimum absolute atomic E-state index is 0.143. The highest BCUT2D eigenvalue weighted by molar-refractivity contribution is 5.76. The van der Waals surface area contributed by atoms with Crippen LogP contribution >= 0.6 is 0 Å². The summed E-state index contributed by atoms with van der Waals surface area (Å²) < 4.78 is 38.0. The number of nitrogens with one attached hydrogen (secondary N) is 1. The summed E-state index contributed by atoms with van der Waals surface area (Å²) in [6.07, 6.45) is -0.630. The molecule has 1 amide bonds. The summed E-state index contributed by atoms with van der Waals surface area (Å²) in [7, 11) is 0. The first-order valence-corrected chi connectivity index (χ1v) is 7.30. The molecule has 3 nitrogen and oxygen atoms in total. The first-order valence-electron chi connectivity index (χ1n) is 7.30. The van der Waals surface area contributed by atoms with Gasteiger partial charge in [0.1, 0.15) is 0 Å². The van der Waals surface area contributed by atoms with Crippen molar-refractivity contribution in [2.75, 3.05) is 6.54 Å². The van der Waals surface area contributed by atoms with Crippen LogP contribution in [-0.2, 0) is 11.0 Å². The van der Waals surface area contributed by atoms with Gasteiger partial charge in [-0.1, -0.05) is 18.2 Å². The van der Waals surface area contributed by atoms with Gasteiger partial charge in [0.05, 0.1) is 17.3 Å². The van der Waals surface area contributed by atoms with Gasteiger partial charge >= 0.3 is 6.18 Å². The minimum Gasteiger partial charge on any atom is -0.381 e. The van der Waals surface area contributed by atoms with E-state index in [2.05, 4.69) is 5.32 Å². The number of benzene rings is 1. The summed E-state index contributed by atoms with van der Waals surface area (Å²) in [6, 6.07) is 4.63. The number of hydrogen-bond acceptors (Lipinski definition) is 2. The topological polar surface area (TPSA) is 32.3 Å². The maximum absolute atomic E-state index is 12.7. The summed E-state index contributed by atoms with van der Waals surface area (Å²) in [4.78, 5) is 13.6. The standard InChI is InChI=1S/C17H19F3N2O/c1-4-5-15-11(2)22(12(3)23)16(10-21-15)13-6-8-14(9-7-13)17(18,19)20/h4-9,16,21H,10H2,1-3H3/b5-4-. The van der Waals surface area contributed by atoms with Gasteiger partial charge in [-0.3, -0.25) is 4.79 Å². The summed E-state index contributed by atoms with van der Waals surface area (Å²) in [5.74, 6) is -0.143. The Labute approximate surface area is 133 Å². The highest BCUT2D eigenvalue weighted by atomic mass is 19.4. The lowest BCUT2D eigenvalue weighted by atomic mass is 10.00. The van der Waals surface area contributed by atoms with E-state index in [-0.39, 0.29) is 11.9 Å². The monoisotopic (exact) mass is 324 g/mol. The highest BCUT2D eigenvalue weighted by Gasteiger charge is 2.32. The van der Waals surface area contributed by atoms with Crippen LogP contribution in [0.4, 0.5) is 13.2 Å². The maximum atomic E-state index is 12.7. The molecule has 1 aliphatic heterocycles. The average Bonchev–Trinajstić information content (AvgIpc) is 2.48. The highest BCUT2D eigenvalue weighted by Crippen LogP contribution is 2.33. The van der Waals surface area contributed by atoms with Crippen LogP contribution in [0, 0.1) is 0 Å². The van der Waals surface area contributed by atoms with E-state index >= 15 is 0 Å². The predicted molar refractivity (Wildman–Crippen MR) is 82.2 cm³/mol. The molecular weight excluding hydrogens is 305 g/mol. The molecule has 2 rings (SSSR count). The van der Waals surface area contributed by atoms with Crippen molar-refractivity contribution in [3.63, 3.8) is 0 Å². The quantitative estimate of drug-likeness (QED) is 0.891. The second-order valence-electron chi connectivity index (χ2n) is 5.40.